The largest absolute Gasteiger partial charge is 0.362 e. The van der Waals surface area contributed by atoms with Crippen LogP contribution in [0.2, 0.25) is 0 Å². The number of hydrogen-bond acceptors (Lipinski definition) is 4. The number of carbonyl (C=O) groups is 2. The van der Waals surface area contributed by atoms with Crippen molar-refractivity contribution in [2.45, 2.75) is 44.3 Å². The molecule has 1 N–H and O–H groups in total. The van der Waals surface area contributed by atoms with Crippen molar-refractivity contribution in [3.63, 3.8) is 0 Å². The fourth-order valence-electron chi connectivity index (χ4n) is 4.43. The molecule has 3 heterocycles. The molecule has 1 aromatic carbocycles. The molecule has 1 spiro atoms. The highest BCUT2D eigenvalue weighted by Gasteiger charge is 2.49. The highest BCUT2D eigenvalue weighted by atomic mass is 16.5. The van der Waals surface area contributed by atoms with Crippen molar-refractivity contribution in [1.29, 1.82) is 0 Å². The second-order valence-corrected chi connectivity index (χ2v) is 8.09. The van der Waals surface area contributed by atoms with Crippen LogP contribution in [0.15, 0.2) is 54.9 Å². The van der Waals surface area contributed by atoms with E-state index in [0.29, 0.717) is 31.6 Å². The standard InChI is InChI=1S/C23H27N3O3/c1-17-16-26(21(27)14-18-6-3-2-4-7-18)13-11-23(17)10-9-20(29-23)22(28)25-19-8-5-12-24-15-19/h2-8,12,15,17,20H,9-11,13-14,16H2,1H3,(H,25,28)/t17-,20-,23+/m1/s1. The number of ether oxygens (including phenoxy) is 1. The zero-order valence-electron chi connectivity index (χ0n) is 16.7. The number of nitrogens with zero attached hydrogens (tertiary/aromatic N) is 2. The lowest BCUT2D eigenvalue weighted by Crippen LogP contribution is -2.53. The first-order valence-electron chi connectivity index (χ1n) is 10.3. The molecule has 2 fully saturated rings. The van der Waals surface area contributed by atoms with Gasteiger partial charge in [0.05, 0.1) is 23.9 Å². The Balaban J connectivity index is 1.33. The van der Waals surface area contributed by atoms with Crippen molar-refractivity contribution >= 4 is 17.5 Å². The predicted octanol–water partition coefficient (Wildman–Crippen LogP) is 3.05. The Kier molecular flexibility index (Phi) is 5.62. The number of nitrogens with one attached hydrogen (secondary N) is 1. The van der Waals surface area contributed by atoms with Gasteiger partial charge in [0.25, 0.3) is 5.91 Å². The van der Waals surface area contributed by atoms with Crippen molar-refractivity contribution < 1.29 is 14.3 Å². The van der Waals surface area contributed by atoms with Crippen LogP contribution in [0.4, 0.5) is 5.69 Å². The van der Waals surface area contributed by atoms with Gasteiger partial charge in [-0.05, 0) is 37.0 Å². The van der Waals surface area contributed by atoms with Gasteiger partial charge in [-0.15, -0.1) is 0 Å². The molecule has 152 valence electrons. The van der Waals surface area contributed by atoms with Crippen LogP contribution in [0.25, 0.3) is 0 Å². The minimum absolute atomic E-state index is 0.121. The second-order valence-electron chi connectivity index (χ2n) is 8.09. The zero-order valence-corrected chi connectivity index (χ0v) is 16.7. The van der Waals surface area contributed by atoms with E-state index in [4.69, 9.17) is 4.74 Å². The molecule has 2 aliphatic rings. The van der Waals surface area contributed by atoms with E-state index >= 15 is 0 Å². The topological polar surface area (TPSA) is 71.5 Å². The number of benzene rings is 1. The number of anilines is 1. The molecule has 6 heteroatoms. The first kappa shape index (κ1) is 19.6. The number of pyridine rings is 1. The van der Waals surface area contributed by atoms with E-state index in [-0.39, 0.29) is 23.3 Å². The lowest BCUT2D eigenvalue weighted by atomic mass is 9.80. The molecular weight excluding hydrogens is 366 g/mol. The molecule has 2 aromatic rings. The maximum Gasteiger partial charge on any atom is 0.253 e. The fraction of sp³-hybridized carbons (Fsp3) is 0.435. The van der Waals surface area contributed by atoms with Crippen LogP contribution in [0, 0.1) is 5.92 Å². The maximum atomic E-state index is 12.7. The quantitative estimate of drug-likeness (QED) is 0.867. The summed E-state index contributed by atoms with van der Waals surface area (Å²) in [6, 6.07) is 13.4. The smallest absolute Gasteiger partial charge is 0.253 e. The van der Waals surface area contributed by atoms with Crippen LogP contribution >= 0.6 is 0 Å². The Morgan fingerprint density at radius 3 is 2.76 bits per heavy atom. The Bertz CT molecular complexity index is 858. The molecule has 0 radical (unpaired) electrons. The summed E-state index contributed by atoms with van der Waals surface area (Å²) in [6.45, 7) is 3.47. The van der Waals surface area contributed by atoms with Gasteiger partial charge in [-0.25, -0.2) is 0 Å². The molecule has 0 unspecified atom stereocenters. The van der Waals surface area contributed by atoms with Gasteiger partial charge >= 0.3 is 0 Å². The highest BCUT2D eigenvalue weighted by Crippen LogP contribution is 2.42. The SMILES string of the molecule is C[C@@H]1CN(C(=O)Cc2ccccc2)CC[C@@]12CC[C@H](C(=O)Nc1cccnc1)O2. The van der Waals surface area contributed by atoms with Crippen molar-refractivity contribution in [3.8, 4) is 0 Å². The summed E-state index contributed by atoms with van der Waals surface area (Å²) in [4.78, 5) is 31.3. The van der Waals surface area contributed by atoms with Crippen molar-refractivity contribution in [2.24, 2.45) is 5.92 Å². The lowest BCUT2D eigenvalue weighted by Gasteiger charge is -2.44. The van der Waals surface area contributed by atoms with Crippen LogP contribution in [0.5, 0.6) is 0 Å². The van der Waals surface area contributed by atoms with E-state index in [9.17, 15) is 9.59 Å². The van der Waals surface area contributed by atoms with Crippen LogP contribution in [0.3, 0.4) is 0 Å². The predicted molar refractivity (Wildman–Crippen MR) is 110 cm³/mol. The van der Waals surface area contributed by atoms with Gasteiger partial charge in [-0.3, -0.25) is 14.6 Å². The van der Waals surface area contributed by atoms with Crippen LogP contribution < -0.4 is 5.32 Å². The average molecular weight is 393 g/mol. The minimum atomic E-state index is -0.454. The van der Waals surface area contributed by atoms with Gasteiger partial charge in [0.15, 0.2) is 0 Å². The molecule has 0 saturated carbocycles. The number of amides is 2. The second kappa shape index (κ2) is 8.33. The Morgan fingerprint density at radius 1 is 1.21 bits per heavy atom. The first-order valence-corrected chi connectivity index (χ1v) is 10.3. The van der Waals surface area contributed by atoms with Gasteiger partial charge in [0.2, 0.25) is 5.91 Å². The highest BCUT2D eigenvalue weighted by molar-refractivity contribution is 5.94. The summed E-state index contributed by atoms with van der Waals surface area (Å²) in [5, 5.41) is 2.88. The lowest BCUT2D eigenvalue weighted by molar-refractivity contribution is -0.151. The number of hydrogen-bond donors (Lipinski definition) is 1. The molecule has 0 bridgehead atoms. The molecule has 3 atom stereocenters. The van der Waals surface area contributed by atoms with Crippen molar-refractivity contribution in [2.75, 3.05) is 18.4 Å². The summed E-state index contributed by atoms with van der Waals surface area (Å²) >= 11 is 0. The van der Waals surface area contributed by atoms with Gasteiger partial charge in [0.1, 0.15) is 6.10 Å². The minimum Gasteiger partial charge on any atom is -0.362 e. The summed E-state index contributed by atoms with van der Waals surface area (Å²) in [7, 11) is 0. The summed E-state index contributed by atoms with van der Waals surface area (Å²) in [5.74, 6) is 0.221. The summed E-state index contributed by atoms with van der Waals surface area (Å²) < 4.78 is 6.31. The molecule has 1 aromatic heterocycles. The Hall–Kier alpha value is -2.73. The molecule has 2 aliphatic heterocycles. The summed E-state index contributed by atoms with van der Waals surface area (Å²) in [5.41, 5.74) is 1.40. The third-order valence-corrected chi connectivity index (χ3v) is 6.18. The summed E-state index contributed by atoms with van der Waals surface area (Å²) in [6.07, 6.45) is 5.59. The Labute approximate surface area is 171 Å². The van der Waals surface area contributed by atoms with Gasteiger partial charge in [-0.1, -0.05) is 37.3 Å². The molecule has 29 heavy (non-hydrogen) atoms. The number of piperidine rings is 1. The van der Waals surface area contributed by atoms with E-state index in [1.165, 1.54) is 0 Å². The normalized spacial score (nSPS) is 26.4. The first-order chi connectivity index (χ1) is 14.1. The van der Waals surface area contributed by atoms with Gasteiger partial charge in [0, 0.05) is 25.2 Å². The van der Waals surface area contributed by atoms with Crippen LogP contribution in [-0.4, -0.2) is 46.5 Å². The van der Waals surface area contributed by atoms with Crippen LogP contribution in [-0.2, 0) is 20.7 Å². The third kappa shape index (κ3) is 4.32. The number of carbonyl (C=O) groups excluding carboxylic acids is 2. The maximum absolute atomic E-state index is 12.7. The van der Waals surface area contributed by atoms with E-state index < -0.39 is 6.10 Å². The fourth-order valence-corrected chi connectivity index (χ4v) is 4.43. The Morgan fingerprint density at radius 2 is 2.03 bits per heavy atom. The van der Waals surface area contributed by atoms with Gasteiger partial charge < -0.3 is 15.0 Å². The van der Waals surface area contributed by atoms with E-state index in [1.54, 1.807) is 18.5 Å². The van der Waals surface area contributed by atoms with Crippen LogP contribution in [0.1, 0.15) is 31.7 Å². The molecule has 2 amide bonds. The van der Waals surface area contributed by atoms with Crippen molar-refractivity contribution in [3.05, 3.63) is 60.4 Å². The zero-order chi connectivity index (χ0) is 20.3. The monoisotopic (exact) mass is 393 g/mol. The molecule has 0 aliphatic carbocycles. The molecular formula is C23H27N3O3. The molecule has 2 saturated heterocycles. The number of aromatic nitrogens is 1. The molecule has 6 nitrogen and oxygen atoms in total. The van der Waals surface area contributed by atoms with E-state index in [0.717, 1.165) is 18.4 Å². The number of rotatable bonds is 4. The molecule has 4 rings (SSSR count). The van der Waals surface area contributed by atoms with E-state index in [1.807, 2.05) is 41.3 Å². The average Bonchev–Trinajstić information content (AvgIpc) is 3.17. The van der Waals surface area contributed by atoms with E-state index in [2.05, 4.69) is 17.2 Å². The number of likely N-dealkylation sites (tertiary alicyclic amines) is 1. The van der Waals surface area contributed by atoms with Crippen molar-refractivity contribution in [1.82, 2.24) is 9.88 Å². The third-order valence-electron chi connectivity index (χ3n) is 6.18. The van der Waals surface area contributed by atoms with Gasteiger partial charge in [-0.2, -0.15) is 0 Å².